The molecule has 0 saturated carbocycles. The molecule has 11 heteroatoms. The zero-order valence-corrected chi connectivity index (χ0v) is 17.9. The lowest BCUT2D eigenvalue weighted by molar-refractivity contribution is -0.141. The highest BCUT2D eigenvalue weighted by Gasteiger charge is 2.23. The van der Waals surface area contributed by atoms with Crippen LogP contribution in [0.15, 0.2) is 57.4 Å². The maximum atomic E-state index is 12.6. The predicted octanol–water partition coefficient (Wildman–Crippen LogP) is 0.395. The van der Waals surface area contributed by atoms with E-state index < -0.39 is 47.6 Å². The standard InChI is InChI=1S/C21H20N4O6S/c1-24-20(29)17(18(22)25(21(24)30)11-13-6-3-2-4-7-13)14(26)12-31-16(27)10-23-19(28)15-8-5-9-32-15/h2-9H,10-12,22H2,1H3,(H,23,28). The topological polar surface area (TPSA) is 142 Å². The lowest BCUT2D eigenvalue weighted by Crippen LogP contribution is -2.43. The number of ether oxygens (including phenoxy) is 1. The van der Waals surface area contributed by atoms with E-state index in [4.69, 9.17) is 10.5 Å². The Balaban J connectivity index is 1.71. The van der Waals surface area contributed by atoms with Crippen molar-refractivity contribution in [3.8, 4) is 0 Å². The molecule has 0 fully saturated rings. The van der Waals surface area contributed by atoms with E-state index in [0.29, 0.717) is 4.88 Å². The van der Waals surface area contributed by atoms with Gasteiger partial charge in [-0.05, 0) is 17.0 Å². The van der Waals surface area contributed by atoms with Crippen LogP contribution in [-0.4, -0.2) is 39.9 Å². The van der Waals surface area contributed by atoms with Crippen molar-refractivity contribution < 1.29 is 19.1 Å². The summed E-state index contributed by atoms with van der Waals surface area (Å²) in [6, 6.07) is 12.2. The number of nitrogens with two attached hydrogens (primary N) is 1. The van der Waals surface area contributed by atoms with Crippen molar-refractivity contribution in [2.24, 2.45) is 7.05 Å². The van der Waals surface area contributed by atoms with E-state index in [-0.39, 0.29) is 12.4 Å². The van der Waals surface area contributed by atoms with Gasteiger partial charge in [-0.3, -0.25) is 28.3 Å². The Labute approximate surface area is 185 Å². The molecule has 3 N–H and O–H groups in total. The van der Waals surface area contributed by atoms with Gasteiger partial charge in [-0.25, -0.2) is 4.79 Å². The van der Waals surface area contributed by atoms with Gasteiger partial charge in [0.1, 0.15) is 17.9 Å². The SMILES string of the molecule is Cn1c(=O)c(C(=O)COC(=O)CNC(=O)c2cccs2)c(N)n(Cc2ccccc2)c1=O. The largest absolute Gasteiger partial charge is 0.456 e. The summed E-state index contributed by atoms with van der Waals surface area (Å²) in [6.45, 7) is -1.17. The molecule has 0 aliphatic heterocycles. The third-order valence-electron chi connectivity index (χ3n) is 4.55. The Hall–Kier alpha value is -3.99. The minimum atomic E-state index is -0.885. The monoisotopic (exact) mass is 456 g/mol. The molecule has 10 nitrogen and oxygen atoms in total. The Morgan fingerprint density at radius 1 is 1.09 bits per heavy atom. The molecule has 0 radical (unpaired) electrons. The second-order valence-electron chi connectivity index (χ2n) is 6.72. The minimum Gasteiger partial charge on any atom is -0.456 e. The zero-order chi connectivity index (χ0) is 23.3. The normalized spacial score (nSPS) is 10.5. The van der Waals surface area contributed by atoms with Crippen LogP contribution in [0.2, 0.25) is 0 Å². The molecule has 0 bridgehead atoms. The van der Waals surface area contributed by atoms with Gasteiger partial charge in [-0.15, -0.1) is 11.3 Å². The van der Waals surface area contributed by atoms with E-state index in [1.807, 2.05) is 6.07 Å². The summed E-state index contributed by atoms with van der Waals surface area (Å²) in [5.74, 6) is -2.48. The number of nitrogens with one attached hydrogen (secondary N) is 1. The highest BCUT2D eigenvalue weighted by Crippen LogP contribution is 2.10. The molecule has 0 spiro atoms. The molecule has 0 saturated heterocycles. The van der Waals surface area contributed by atoms with Crippen LogP contribution < -0.4 is 22.3 Å². The lowest BCUT2D eigenvalue weighted by atomic mass is 10.2. The average Bonchev–Trinajstić information content (AvgIpc) is 3.33. The maximum Gasteiger partial charge on any atom is 0.332 e. The Morgan fingerprint density at radius 2 is 1.81 bits per heavy atom. The number of esters is 1. The maximum absolute atomic E-state index is 12.6. The van der Waals surface area contributed by atoms with Crippen LogP contribution >= 0.6 is 11.3 Å². The van der Waals surface area contributed by atoms with Crippen molar-refractivity contribution >= 4 is 34.8 Å². The summed E-state index contributed by atoms with van der Waals surface area (Å²) in [4.78, 5) is 61.8. The van der Waals surface area contributed by atoms with Crippen molar-refractivity contribution in [3.63, 3.8) is 0 Å². The number of nitrogens with zero attached hydrogens (tertiary/aromatic N) is 2. The number of nitrogen functional groups attached to an aromatic ring is 1. The molecule has 0 atom stereocenters. The van der Waals surface area contributed by atoms with Gasteiger partial charge >= 0.3 is 11.7 Å². The van der Waals surface area contributed by atoms with Gasteiger partial charge in [0.15, 0.2) is 6.61 Å². The molecule has 3 aromatic rings. The van der Waals surface area contributed by atoms with Gasteiger partial charge in [0.05, 0.1) is 11.4 Å². The summed E-state index contributed by atoms with van der Waals surface area (Å²) < 4.78 is 6.75. The Morgan fingerprint density at radius 3 is 2.47 bits per heavy atom. The van der Waals surface area contributed by atoms with E-state index in [0.717, 1.165) is 14.7 Å². The molecule has 0 aliphatic carbocycles. The van der Waals surface area contributed by atoms with Gasteiger partial charge in [0.25, 0.3) is 11.5 Å². The summed E-state index contributed by atoms with van der Waals surface area (Å²) in [5, 5.41) is 4.09. The molecule has 0 unspecified atom stereocenters. The first-order chi connectivity index (χ1) is 15.3. The van der Waals surface area contributed by atoms with Crippen LogP contribution in [0.5, 0.6) is 0 Å². The fourth-order valence-electron chi connectivity index (χ4n) is 2.88. The number of hydrogen-bond acceptors (Lipinski definition) is 8. The number of ketones is 1. The van der Waals surface area contributed by atoms with Crippen LogP contribution in [0.4, 0.5) is 5.82 Å². The highest BCUT2D eigenvalue weighted by molar-refractivity contribution is 7.12. The second-order valence-corrected chi connectivity index (χ2v) is 7.67. The highest BCUT2D eigenvalue weighted by atomic mass is 32.1. The van der Waals surface area contributed by atoms with E-state index in [1.54, 1.807) is 41.8 Å². The molecule has 1 amide bonds. The van der Waals surface area contributed by atoms with Crippen LogP contribution in [0.1, 0.15) is 25.6 Å². The number of benzene rings is 1. The smallest absolute Gasteiger partial charge is 0.332 e. The Kier molecular flexibility index (Phi) is 7.00. The predicted molar refractivity (Wildman–Crippen MR) is 118 cm³/mol. The van der Waals surface area contributed by atoms with E-state index in [9.17, 15) is 24.0 Å². The fraction of sp³-hybridized carbons (Fsp3) is 0.190. The molecule has 0 aliphatic rings. The third kappa shape index (κ3) is 5.01. The number of carbonyl (C=O) groups is 3. The first-order valence-electron chi connectivity index (χ1n) is 9.43. The molecule has 32 heavy (non-hydrogen) atoms. The number of rotatable bonds is 8. The van der Waals surface area contributed by atoms with Gasteiger partial charge in [-0.2, -0.15) is 0 Å². The average molecular weight is 456 g/mol. The molecule has 2 aromatic heterocycles. The summed E-state index contributed by atoms with van der Waals surface area (Å²) in [5.41, 5.74) is 4.73. The van der Waals surface area contributed by atoms with Gasteiger partial charge in [-0.1, -0.05) is 36.4 Å². The van der Waals surface area contributed by atoms with Crippen LogP contribution in [-0.2, 0) is 23.1 Å². The lowest BCUT2D eigenvalue weighted by Gasteiger charge is -2.14. The van der Waals surface area contributed by atoms with Crippen LogP contribution in [0.25, 0.3) is 0 Å². The van der Waals surface area contributed by atoms with Crippen molar-refractivity contribution in [1.29, 1.82) is 0 Å². The van der Waals surface area contributed by atoms with Gasteiger partial charge < -0.3 is 15.8 Å². The van der Waals surface area contributed by atoms with Crippen molar-refractivity contribution in [2.45, 2.75) is 6.54 Å². The molecule has 3 rings (SSSR count). The van der Waals surface area contributed by atoms with Crippen molar-refractivity contribution in [2.75, 3.05) is 18.9 Å². The fourth-order valence-corrected chi connectivity index (χ4v) is 3.52. The molecular weight excluding hydrogens is 436 g/mol. The molecule has 2 heterocycles. The first-order valence-corrected chi connectivity index (χ1v) is 10.3. The number of amides is 1. The van der Waals surface area contributed by atoms with E-state index >= 15 is 0 Å². The number of thiophene rings is 1. The number of hydrogen-bond donors (Lipinski definition) is 2. The summed E-state index contributed by atoms with van der Waals surface area (Å²) in [6.07, 6.45) is 0. The van der Waals surface area contributed by atoms with Gasteiger partial charge in [0.2, 0.25) is 5.78 Å². The second kappa shape index (κ2) is 9.88. The Bertz CT molecular complexity index is 1260. The molecule has 1 aromatic carbocycles. The quantitative estimate of drug-likeness (QED) is 0.369. The summed E-state index contributed by atoms with van der Waals surface area (Å²) in [7, 11) is 1.23. The minimum absolute atomic E-state index is 0.0500. The van der Waals surface area contributed by atoms with Crippen molar-refractivity contribution in [1.82, 2.24) is 14.5 Å². The number of Topliss-reactive ketones (excluding diaryl/α,β-unsaturated/α-hetero) is 1. The molecular formula is C21H20N4O6S. The summed E-state index contributed by atoms with van der Waals surface area (Å²) >= 11 is 1.21. The molecule has 166 valence electrons. The number of anilines is 1. The number of carbonyl (C=O) groups excluding carboxylic acids is 3. The van der Waals surface area contributed by atoms with E-state index in [2.05, 4.69) is 5.32 Å². The van der Waals surface area contributed by atoms with Crippen LogP contribution in [0.3, 0.4) is 0 Å². The number of aromatic nitrogens is 2. The first kappa shape index (κ1) is 22.7. The zero-order valence-electron chi connectivity index (χ0n) is 17.1. The van der Waals surface area contributed by atoms with Crippen molar-refractivity contribution in [3.05, 3.63) is 84.7 Å². The third-order valence-corrected chi connectivity index (χ3v) is 5.42. The van der Waals surface area contributed by atoms with Crippen LogP contribution in [0, 0.1) is 0 Å². The van der Waals surface area contributed by atoms with E-state index in [1.165, 1.54) is 18.4 Å². The van der Waals surface area contributed by atoms with Gasteiger partial charge in [0, 0.05) is 7.05 Å².